The van der Waals surface area contributed by atoms with E-state index in [4.69, 9.17) is 5.11 Å². The van der Waals surface area contributed by atoms with Crippen LogP contribution in [0, 0.1) is 0 Å². The van der Waals surface area contributed by atoms with Gasteiger partial charge in [0.2, 0.25) is 0 Å². The highest BCUT2D eigenvalue weighted by molar-refractivity contribution is 7.15. The summed E-state index contributed by atoms with van der Waals surface area (Å²) in [4.78, 5) is 30.0. The van der Waals surface area contributed by atoms with Crippen molar-refractivity contribution in [2.75, 3.05) is 6.54 Å². The van der Waals surface area contributed by atoms with Crippen LogP contribution in [0.5, 0.6) is 0 Å². The molecule has 2 aromatic rings. The summed E-state index contributed by atoms with van der Waals surface area (Å²) in [6, 6.07) is 1.59. The van der Waals surface area contributed by atoms with Crippen molar-refractivity contribution in [3.63, 3.8) is 0 Å². The van der Waals surface area contributed by atoms with E-state index in [2.05, 4.69) is 9.88 Å². The average Bonchev–Trinajstić information content (AvgIpc) is 2.99. The lowest BCUT2D eigenvalue weighted by Gasteiger charge is -2.22. The zero-order valence-corrected chi connectivity index (χ0v) is 11.7. The number of hydrogen-bond acceptors (Lipinski definition) is 5. The summed E-state index contributed by atoms with van der Waals surface area (Å²) in [6.45, 7) is 1.41. The van der Waals surface area contributed by atoms with Gasteiger partial charge in [0.15, 0.2) is 4.96 Å². The van der Waals surface area contributed by atoms with Gasteiger partial charge in [0.1, 0.15) is 0 Å². The highest BCUT2D eigenvalue weighted by Crippen LogP contribution is 2.22. The molecular formula is C13H15N3O3S. The van der Waals surface area contributed by atoms with Gasteiger partial charge in [-0.25, -0.2) is 4.98 Å². The smallest absolute Gasteiger partial charge is 0.304 e. The number of carboxylic acid groups (broad SMARTS) is 1. The van der Waals surface area contributed by atoms with E-state index < -0.39 is 5.97 Å². The number of carbonyl (C=O) groups is 1. The van der Waals surface area contributed by atoms with E-state index in [-0.39, 0.29) is 18.0 Å². The molecule has 106 valence electrons. The fraction of sp³-hybridized carbons (Fsp3) is 0.462. The van der Waals surface area contributed by atoms with Gasteiger partial charge in [-0.3, -0.25) is 18.9 Å². The maximum absolute atomic E-state index is 11.9. The number of thiazole rings is 1. The molecule has 1 N–H and O–H groups in total. The lowest BCUT2D eigenvalue weighted by Crippen LogP contribution is -2.31. The van der Waals surface area contributed by atoms with Gasteiger partial charge in [-0.05, 0) is 19.4 Å². The van der Waals surface area contributed by atoms with Gasteiger partial charge in [0.05, 0.1) is 12.1 Å². The van der Waals surface area contributed by atoms with Gasteiger partial charge < -0.3 is 5.11 Å². The second-order valence-corrected chi connectivity index (χ2v) is 5.88. The minimum absolute atomic E-state index is 0.0519. The molecule has 1 atom stereocenters. The zero-order valence-electron chi connectivity index (χ0n) is 10.9. The minimum Gasteiger partial charge on any atom is -0.481 e. The first-order chi connectivity index (χ1) is 9.63. The lowest BCUT2D eigenvalue weighted by molar-refractivity contribution is -0.138. The molecule has 7 heteroatoms. The normalized spacial score (nSPS) is 19.7. The molecule has 6 nitrogen and oxygen atoms in total. The van der Waals surface area contributed by atoms with Crippen LogP contribution in [0.25, 0.3) is 4.96 Å². The SMILES string of the molecule is O=C(O)CC1CCCN1Cc1cc(=O)n2ccsc2n1. The van der Waals surface area contributed by atoms with Crippen molar-refractivity contribution in [3.8, 4) is 0 Å². The molecule has 1 aliphatic heterocycles. The number of aliphatic carboxylic acids is 1. The molecule has 0 bridgehead atoms. The van der Waals surface area contributed by atoms with Gasteiger partial charge in [0, 0.05) is 30.2 Å². The number of aromatic nitrogens is 2. The third-order valence-corrected chi connectivity index (χ3v) is 4.39. The van der Waals surface area contributed by atoms with Crippen LogP contribution >= 0.6 is 11.3 Å². The molecule has 3 rings (SSSR count). The second kappa shape index (κ2) is 5.34. The summed E-state index contributed by atoms with van der Waals surface area (Å²) >= 11 is 1.42. The van der Waals surface area contributed by atoms with Gasteiger partial charge >= 0.3 is 5.97 Å². The molecule has 0 aromatic carbocycles. The Morgan fingerprint density at radius 3 is 3.20 bits per heavy atom. The number of nitrogens with zero attached hydrogens (tertiary/aromatic N) is 3. The van der Waals surface area contributed by atoms with E-state index in [1.807, 2.05) is 5.38 Å². The van der Waals surface area contributed by atoms with Crippen LogP contribution in [0.2, 0.25) is 0 Å². The van der Waals surface area contributed by atoms with Crippen LogP contribution in [0.1, 0.15) is 25.0 Å². The first-order valence-corrected chi connectivity index (χ1v) is 7.43. The highest BCUT2D eigenvalue weighted by Gasteiger charge is 2.27. The van der Waals surface area contributed by atoms with Crippen molar-refractivity contribution in [2.24, 2.45) is 0 Å². The van der Waals surface area contributed by atoms with Crippen molar-refractivity contribution < 1.29 is 9.90 Å². The number of rotatable bonds is 4. The fourth-order valence-electron chi connectivity index (χ4n) is 2.71. The van der Waals surface area contributed by atoms with Crippen LogP contribution in [-0.2, 0) is 11.3 Å². The van der Waals surface area contributed by atoms with E-state index >= 15 is 0 Å². The predicted octanol–water partition coefficient (Wildman–Crippen LogP) is 1.20. The van der Waals surface area contributed by atoms with Crippen molar-refractivity contribution in [1.82, 2.24) is 14.3 Å². The monoisotopic (exact) mass is 293 g/mol. The second-order valence-electron chi connectivity index (χ2n) is 5.01. The standard InChI is InChI=1S/C13H15N3O3S/c17-11-6-9(14-13-16(11)4-5-20-13)8-15-3-1-2-10(15)7-12(18)19/h4-6,10H,1-3,7-8H2,(H,18,19). The number of hydrogen-bond donors (Lipinski definition) is 1. The molecule has 2 aromatic heterocycles. The molecule has 20 heavy (non-hydrogen) atoms. The van der Waals surface area contributed by atoms with Gasteiger partial charge in [-0.2, -0.15) is 0 Å². The molecule has 1 aliphatic rings. The molecule has 0 amide bonds. The van der Waals surface area contributed by atoms with Gasteiger partial charge in [-0.1, -0.05) is 0 Å². The lowest BCUT2D eigenvalue weighted by atomic mass is 10.1. The van der Waals surface area contributed by atoms with Crippen molar-refractivity contribution in [3.05, 3.63) is 33.7 Å². The van der Waals surface area contributed by atoms with E-state index in [9.17, 15) is 9.59 Å². The third kappa shape index (κ3) is 2.59. The van der Waals surface area contributed by atoms with E-state index in [0.717, 1.165) is 25.1 Å². The summed E-state index contributed by atoms with van der Waals surface area (Å²) in [5.41, 5.74) is 0.634. The Bertz CT molecular complexity index is 693. The molecule has 0 spiro atoms. The molecule has 0 radical (unpaired) electrons. The van der Waals surface area contributed by atoms with Gasteiger partial charge in [0.25, 0.3) is 5.56 Å². The van der Waals surface area contributed by atoms with Crippen LogP contribution in [0.15, 0.2) is 22.4 Å². The summed E-state index contributed by atoms with van der Waals surface area (Å²) in [6.07, 6.45) is 3.76. The summed E-state index contributed by atoms with van der Waals surface area (Å²) in [5.74, 6) is -0.774. The van der Waals surface area contributed by atoms with Crippen LogP contribution in [-0.4, -0.2) is 37.9 Å². The van der Waals surface area contributed by atoms with E-state index in [1.54, 1.807) is 6.20 Å². The summed E-state index contributed by atoms with van der Waals surface area (Å²) in [5, 5.41) is 10.8. The zero-order chi connectivity index (χ0) is 14.1. The Labute approximate surface area is 119 Å². The fourth-order valence-corrected chi connectivity index (χ4v) is 3.45. The number of fused-ring (bicyclic) bond motifs is 1. The molecule has 3 heterocycles. The first kappa shape index (κ1) is 13.3. The van der Waals surface area contributed by atoms with Crippen LogP contribution in [0.4, 0.5) is 0 Å². The number of carboxylic acids is 1. The molecule has 0 aliphatic carbocycles. The summed E-state index contributed by atoms with van der Waals surface area (Å²) in [7, 11) is 0. The number of likely N-dealkylation sites (tertiary alicyclic amines) is 1. The van der Waals surface area contributed by atoms with Crippen molar-refractivity contribution in [2.45, 2.75) is 31.8 Å². The Hall–Kier alpha value is -1.73. The predicted molar refractivity (Wildman–Crippen MR) is 75.0 cm³/mol. The quantitative estimate of drug-likeness (QED) is 0.916. The molecule has 1 fully saturated rings. The summed E-state index contributed by atoms with van der Waals surface area (Å²) < 4.78 is 1.52. The Morgan fingerprint density at radius 2 is 2.40 bits per heavy atom. The maximum Gasteiger partial charge on any atom is 0.304 e. The molecule has 1 saturated heterocycles. The third-order valence-electron chi connectivity index (χ3n) is 3.63. The maximum atomic E-state index is 11.9. The Balaban J connectivity index is 1.81. The molecule has 0 saturated carbocycles. The Morgan fingerprint density at radius 1 is 1.55 bits per heavy atom. The van der Waals surface area contributed by atoms with Crippen molar-refractivity contribution >= 4 is 22.3 Å². The van der Waals surface area contributed by atoms with E-state index in [0.29, 0.717) is 11.5 Å². The van der Waals surface area contributed by atoms with Gasteiger partial charge in [-0.15, -0.1) is 11.3 Å². The minimum atomic E-state index is -0.774. The topological polar surface area (TPSA) is 74.9 Å². The van der Waals surface area contributed by atoms with Crippen LogP contribution in [0.3, 0.4) is 0 Å². The largest absolute Gasteiger partial charge is 0.481 e. The van der Waals surface area contributed by atoms with E-state index in [1.165, 1.54) is 21.8 Å². The Kier molecular flexibility index (Phi) is 3.54. The van der Waals surface area contributed by atoms with Crippen molar-refractivity contribution in [1.29, 1.82) is 0 Å². The average molecular weight is 293 g/mol. The van der Waals surface area contributed by atoms with Crippen LogP contribution < -0.4 is 5.56 Å². The molecular weight excluding hydrogens is 278 g/mol. The molecule has 1 unspecified atom stereocenters. The first-order valence-electron chi connectivity index (χ1n) is 6.55. The highest BCUT2D eigenvalue weighted by atomic mass is 32.1.